The second kappa shape index (κ2) is 17.0. The molecule has 0 bridgehead atoms. The standard InChI is InChI=1S/C31H42FN3O6/c1-5-40-29(38)24(18-12-13-19-32)33-27(36)25(20-22-14-8-6-9-15-22)34-28(37)26(21-23-16-10-7-11-17-23)35-30(39)41-31(2,3)4/h6-11,14-17,24-26H,5,12-13,18-21H2,1-4H3,(H,33,36)(H,34,37)(H,35,39)/t24?,25-,26-/m1/s1. The molecule has 0 aliphatic heterocycles. The second-order valence-electron chi connectivity index (χ2n) is 10.6. The Kier molecular flexibility index (Phi) is 13.8. The Morgan fingerprint density at radius 2 is 1.24 bits per heavy atom. The summed E-state index contributed by atoms with van der Waals surface area (Å²) in [4.78, 5) is 52.3. The van der Waals surface area contributed by atoms with Gasteiger partial charge < -0.3 is 25.4 Å². The van der Waals surface area contributed by atoms with Crippen LogP contribution in [0.1, 0.15) is 58.1 Å². The number of benzene rings is 2. The molecule has 0 aliphatic carbocycles. The van der Waals surface area contributed by atoms with Crippen LogP contribution >= 0.6 is 0 Å². The van der Waals surface area contributed by atoms with Gasteiger partial charge in [0, 0.05) is 12.8 Å². The molecule has 0 saturated carbocycles. The van der Waals surface area contributed by atoms with E-state index in [1.165, 1.54) is 0 Å². The molecule has 0 aliphatic rings. The van der Waals surface area contributed by atoms with Gasteiger partial charge in [-0.05, 0) is 58.1 Å². The summed E-state index contributed by atoms with van der Waals surface area (Å²) >= 11 is 0. The second-order valence-corrected chi connectivity index (χ2v) is 10.6. The lowest BCUT2D eigenvalue weighted by molar-refractivity contribution is -0.148. The van der Waals surface area contributed by atoms with E-state index in [2.05, 4.69) is 16.0 Å². The Labute approximate surface area is 241 Å². The maximum atomic E-state index is 13.6. The number of halogens is 1. The Morgan fingerprint density at radius 3 is 1.71 bits per heavy atom. The molecule has 0 spiro atoms. The number of alkyl halides is 1. The first-order valence-electron chi connectivity index (χ1n) is 13.9. The van der Waals surface area contributed by atoms with Gasteiger partial charge in [0.05, 0.1) is 13.3 Å². The molecule has 2 rings (SSSR count). The van der Waals surface area contributed by atoms with E-state index in [1.807, 2.05) is 60.7 Å². The quantitative estimate of drug-likeness (QED) is 0.219. The van der Waals surface area contributed by atoms with Crippen LogP contribution in [0.25, 0.3) is 0 Å². The first-order chi connectivity index (χ1) is 19.5. The maximum Gasteiger partial charge on any atom is 0.408 e. The molecule has 2 aromatic rings. The molecule has 0 radical (unpaired) electrons. The fraction of sp³-hybridized carbons (Fsp3) is 0.484. The van der Waals surface area contributed by atoms with Gasteiger partial charge in [0.1, 0.15) is 23.7 Å². The summed E-state index contributed by atoms with van der Waals surface area (Å²) in [6.45, 7) is 6.38. The van der Waals surface area contributed by atoms with Crippen LogP contribution in [0.15, 0.2) is 60.7 Å². The van der Waals surface area contributed by atoms with E-state index in [-0.39, 0.29) is 32.3 Å². The Bertz CT molecular complexity index is 1110. The SMILES string of the molecule is CCOC(=O)C(CCCCF)NC(=O)[C@@H](Cc1ccccc1)NC(=O)[C@@H](Cc1ccccc1)NC(=O)OC(C)(C)C. The number of carbonyl (C=O) groups excluding carboxylic acids is 4. The predicted octanol–water partition coefficient (Wildman–Crippen LogP) is 4.04. The van der Waals surface area contributed by atoms with Crippen molar-refractivity contribution in [2.45, 2.75) is 83.5 Å². The zero-order chi connectivity index (χ0) is 30.3. The van der Waals surface area contributed by atoms with Gasteiger partial charge in [-0.25, -0.2) is 9.59 Å². The lowest BCUT2D eigenvalue weighted by Gasteiger charge is -2.26. The van der Waals surface area contributed by atoms with Crippen LogP contribution in [0.5, 0.6) is 0 Å². The average Bonchev–Trinajstić information content (AvgIpc) is 2.92. The molecule has 9 nitrogen and oxygen atoms in total. The predicted molar refractivity (Wildman–Crippen MR) is 154 cm³/mol. The lowest BCUT2D eigenvalue weighted by Crippen LogP contribution is -2.57. The molecule has 3 amide bonds. The van der Waals surface area contributed by atoms with E-state index in [1.54, 1.807) is 27.7 Å². The molecule has 0 fully saturated rings. The molecule has 41 heavy (non-hydrogen) atoms. The maximum absolute atomic E-state index is 13.6. The highest BCUT2D eigenvalue weighted by molar-refractivity contribution is 5.93. The average molecular weight is 572 g/mol. The molecule has 0 aromatic heterocycles. The zero-order valence-corrected chi connectivity index (χ0v) is 24.3. The third kappa shape index (κ3) is 12.8. The van der Waals surface area contributed by atoms with E-state index in [0.29, 0.717) is 6.42 Å². The van der Waals surface area contributed by atoms with Crippen molar-refractivity contribution < 1.29 is 33.0 Å². The number of rotatable bonds is 15. The summed E-state index contributed by atoms with van der Waals surface area (Å²) in [5, 5.41) is 8.07. The van der Waals surface area contributed by atoms with Gasteiger partial charge in [-0.15, -0.1) is 0 Å². The molecule has 224 valence electrons. The van der Waals surface area contributed by atoms with Crippen LogP contribution in [0.4, 0.5) is 9.18 Å². The highest BCUT2D eigenvalue weighted by Gasteiger charge is 2.31. The van der Waals surface area contributed by atoms with Crippen molar-refractivity contribution in [2.24, 2.45) is 0 Å². The smallest absolute Gasteiger partial charge is 0.408 e. The van der Waals surface area contributed by atoms with Crippen LogP contribution in [-0.2, 0) is 36.7 Å². The molecular weight excluding hydrogens is 529 g/mol. The topological polar surface area (TPSA) is 123 Å². The Balaban J connectivity index is 2.29. The number of hydrogen-bond donors (Lipinski definition) is 3. The minimum atomic E-state index is -1.08. The number of alkyl carbamates (subject to hydrolysis) is 1. The van der Waals surface area contributed by atoms with Gasteiger partial charge >= 0.3 is 12.1 Å². The summed E-state index contributed by atoms with van der Waals surface area (Å²) in [6, 6.07) is 15.1. The molecule has 0 heterocycles. The highest BCUT2D eigenvalue weighted by atomic mass is 19.1. The van der Waals surface area contributed by atoms with Gasteiger partial charge in [0.2, 0.25) is 11.8 Å². The Morgan fingerprint density at radius 1 is 0.756 bits per heavy atom. The number of ether oxygens (including phenoxy) is 2. The number of hydrogen-bond acceptors (Lipinski definition) is 6. The van der Waals surface area contributed by atoms with E-state index in [0.717, 1.165) is 11.1 Å². The third-order valence-electron chi connectivity index (χ3n) is 5.97. The number of unbranched alkanes of at least 4 members (excludes halogenated alkanes) is 1. The summed E-state index contributed by atoms with van der Waals surface area (Å²) in [5.74, 6) is -1.82. The Hall–Kier alpha value is -3.95. The van der Waals surface area contributed by atoms with Crippen LogP contribution in [0.3, 0.4) is 0 Å². The van der Waals surface area contributed by atoms with E-state index in [9.17, 15) is 23.6 Å². The van der Waals surface area contributed by atoms with Crippen LogP contribution in [-0.4, -0.2) is 60.9 Å². The fourth-order valence-electron chi connectivity index (χ4n) is 4.05. The number of carbonyl (C=O) groups is 4. The van der Waals surface area contributed by atoms with Crippen LogP contribution < -0.4 is 16.0 Å². The van der Waals surface area contributed by atoms with Crippen molar-refractivity contribution in [3.63, 3.8) is 0 Å². The van der Waals surface area contributed by atoms with Gasteiger partial charge in [0.25, 0.3) is 0 Å². The summed E-state index contributed by atoms with van der Waals surface area (Å²) in [5.41, 5.74) is 0.790. The first-order valence-corrected chi connectivity index (χ1v) is 13.9. The number of nitrogens with one attached hydrogen (secondary N) is 3. The molecule has 3 atom stereocenters. The van der Waals surface area contributed by atoms with Gasteiger partial charge in [-0.2, -0.15) is 0 Å². The minimum absolute atomic E-state index is 0.121. The fourth-order valence-corrected chi connectivity index (χ4v) is 4.05. The molecular formula is C31H42FN3O6. The summed E-state index contributed by atoms with van der Waals surface area (Å²) in [6.07, 6.45) is 0.316. The molecule has 0 saturated heterocycles. The molecule has 3 N–H and O–H groups in total. The van der Waals surface area contributed by atoms with E-state index >= 15 is 0 Å². The number of esters is 1. The minimum Gasteiger partial charge on any atom is -0.464 e. The van der Waals surface area contributed by atoms with Crippen LogP contribution in [0, 0.1) is 0 Å². The molecule has 2 aromatic carbocycles. The van der Waals surface area contributed by atoms with E-state index in [4.69, 9.17) is 9.47 Å². The summed E-state index contributed by atoms with van der Waals surface area (Å²) < 4.78 is 23.2. The molecule has 1 unspecified atom stereocenters. The number of amides is 3. The normalized spacial score (nSPS) is 13.3. The van der Waals surface area contributed by atoms with Crippen molar-refractivity contribution >= 4 is 23.9 Å². The van der Waals surface area contributed by atoms with Gasteiger partial charge in [-0.3, -0.25) is 14.0 Å². The van der Waals surface area contributed by atoms with Crippen molar-refractivity contribution in [1.82, 2.24) is 16.0 Å². The van der Waals surface area contributed by atoms with Crippen LogP contribution in [0.2, 0.25) is 0 Å². The van der Waals surface area contributed by atoms with Crippen molar-refractivity contribution in [1.29, 1.82) is 0 Å². The van der Waals surface area contributed by atoms with Crippen molar-refractivity contribution in [3.8, 4) is 0 Å². The first kappa shape index (κ1) is 33.3. The van der Waals surface area contributed by atoms with Gasteiger partial charge in [-0.1, -0.05) is 60.7 Å². The monoisotopic (exact) mass is 571 g/mol. The third-order valence-corrected chi connectivity index (χ3v) is 5.97. The van der Waals surface area contributed by atoms with Crippen molar-refractivity contribution in [3.05, 3.63) is 71.8 Å². The van der Waals surface area contributed by atoms with Gasteiger partial charge in [0.15, 0.2) is 0 Å². The lowest BCUT2D eigenvalue weighted by atomic mass is 10.0. The summed E-state index contributed by atoms with van der Waals surface area (Å²) in [7, 11) is 0. The van der Waals surface area contributed by atoms with E-state index < -0.39 is 54.3 Å². The highest BCUT2D eigenvalue weighted by Crippen LogP contribution is 2.11. The molecule has 10 heteroatoms. The largest absolute Gasteiger partial charge is 0.464 e. The van der Waals surface area contributed by atoms with Crippen molar-refractivity contribution in [2.75, 3.05) is 13.3 Å². The zero-order valence-electron chi connectivity index (χ0n) is 24.3.